The second-order valence-electron chi connectivity index (χ2n) is 4.20. The van der Waals surface area contributed by atoms with Crippen molar-refractivity contribution < 1.29 is 18.6 Å². The molecule has 0 fully saturated rings. The second kappa shape index (κ2) is 6.13. The number of methoxy groups -OCH3 is 2. The van der Waals surface area contributed by atoms with Crippen LogP contribution < -0.4 is 14.2 Å². The van der Waals surface area contributed by atoms with E-state index in [1.54, 1.807) is 18.3 Å². The Kier molecular flexibility index (Phi) is 3.86. The standard InChI is InChI=1S/C15H13N3O4/c1-19-13-7-14(20-2)18-15(17-13)22-11-6-4-3-5-10(11)12-8-16-9-21-12/h3-9H,1-2H3. The molecule has 0 radical (unpaired) electrons. The number of aromatic nitrogens is 3. The van der Waals surface area contributed by atoms with Gasteiger partial charge in [-0.1, -0.05) is 12.1 Å². The van der Waals surface area contributed by atoms with Crippen molar-refractivity contribution >= 4 is 0 Å². The molecular weight excluding hydrogens is 286 g/mol. The summed E-state index contributed by atoms with van der Waals surface area (Å²) in [6.45, 7) is 0. The van der Waals surface area contributed by atoms with E-state index < -0.39 is 0 Å². The highest BCUT2D eigenvalue weighted by atomic mass is 16.5. The van der Waals surface area contributed by atoms with Gasteiger partial charge in [-0.25, -0.2) is 4.98 Å². The summed E-state index contributed by atoms with van der Waals surface area (Å²) in [6.07, 6.45) is 2.96. The van der Waals surface area contributed by atoms with Crippen LogP contribution in [-0.4, -0.2) is 29.2 Å². The van der Waals surface area contributed by atoms with E-state index >= 15 is 0 Å². The summed E-state index contributed by atoms with van der Waals surface area (Å²) in [5, 5.41) is 0. The van der Waals surface area contributed by atoms with Crippen LogP contribution in [0, 0.1) is 0 Å². The van der Waals surface area contributed by atoms with Gasteiger partial charge in [-0.15, -0.1) is 0 Å². The molecule has 3 aromatic rings. The first-order valence-corrected chi connectivity index (χ1v) is 6.43. The zero-order valence-corrected chi connectivity index (χ0v) is 12.0. The van der Waals surface area contributed by atoms with Crippen LogP contribution in [0.5, 0.6) is 23.5 Å². The van der Waals surface area contributed by atoms with E-state index in [0.29, 0.717) is 23.3 Å². The van der Waals surface area contributed by atoms with Gasteiger partial charge >= 0.3 is 6.01 Å². The number of nitrogens with zero attached hydrogens (tertiary/aromatic N) is 3. The summed E-state index contributed by atoms with van der Waals surface area (Å²) in [5.41, 5.74) is 0.741. The fraction of sp³-hybridized carbons (Fsp3) is 0.133. The summed E-state index contributed by atoms with van der Waals surface area (Å²) in [5.74, 6) is 1.82. The molecule has 0 saturated heterocycles. The molecule has 0 aliphatic carbocycles. The molecule has 0 aliphatic heterocycles. The van der Waals surface area contributed by atoms with Crippen molar-refractivity contribution in [2.75, 3.05) is 14.2 Å². The fourth-order valence-corrected chi connectivity index (χ4v) is 1.84. The number of hydrogen-bond acceptors (Lipinski definition) is 7. The van der Waals surface area contributed by atoms with E-state index in [0.717, 1.165) is 5.56 Å². The predicted octanol–water partition coefficient (Wildman–Crippen LogP) is 2.94. The average molecular weight is 299 g/mol. The topological polar surface area (TPSA) is 79.5 Å². The first-order valence-electron chi connectivity index (χ1n) is 6.43. The molecule has 112 valence electrons. The molecule has 3 rings (SSSR count). The third-order valence-electron chi connectivity index (χ3n) is 2.86. The zero-order valence-electron chi connectivity index (χ0n) is 12.0. The number of para-hydroxylation sites is 1. The van der Waals surface area contributed by atoms with E-state index in [4.69, 9.17) is 18.6 Å². The molecule has 2 aromatic heterocycles. The second-order valence-corrected chi connectivity index (χ2v) is 4.20. The summed E-state index contributed by atoms with van der Waals surface area (Å²) in [7, 11) is 3.02. The van der Waals surface area contributed by atoms with Crippen LogP contribution in [0.15, 0.2) is 47.3 Å². The first-order chi connectivity index (χ1) is 10.8. The van der Waals surface area contributed by atoms with Crippen LogP contribution in [0.4, 0.5) is 0 Å². The van der Waals surface area contributed by atoms with Gasteiger partial charge in [0.15, 0.2) is 12.2 Å². The fourth-order valence-electron chi connectivity index (χ4n) is 1.84. The van der Waals surface area contributed by atoms with Crippen LogP contribution in [-0.2, 0) is 0 Å². The minimum absolute atomic E-state index is 0.114. The molecule has 7 nitrogen and oxygen atoms in total. The third-order valence-corrected chi connectivity index (χ3v) is 2.86. The molecule has 0 amide bonds. The molecule has 0 N–H and O–H groups in total. The summed E-state index contributed by atoms with van der Waals surface area (Å²) in [4.78, 5) is 12.2. The van der Waals surface area contributed by atoms with Gasteiger partial charge in [0.1, 0.15) is 5.75 Å². The Bertz CT molecular complexity index is 737. The van der Waals surface area contributed by atoms with Crippen LogP contribution in [0.3, 0.4) is 0 Å². The third kappa shape index (κ3) is 2.83. The molecule has 0 aliphatic rings. The quantitative estimate of drug-likeness (QED) is 0.716. The van der Waals surface area contributed by atoms with Gasteiger partial charge in [-0.3, -0.25) is 0 Å². The Labute approximate surface area is 126 Å². The SMILES string of the molecule is COc1cc(OC)nc(Oc2ccccc2-c2cnco2)n1. The minimum atomic E-state index is 0.114. The van der Waals surface area contributed by atoms with Gasteiger partial charge in [0.2, 0.25) is 11.8 Å². The maximum absolute atomic E-state index is 5.75. The lowest BCUT2D eigenvalue weighted by Crippen LogP contribution is -1.98. The van der Waals surface area contributed by atoms with E-state index in [9.17, 15) is 0 Å². The van der Waals surface area contributed by atoms with Gasteiger partial charge < -0.3 is 18.6 Å². The Hall–Kier alpha value is -3.09. The Morgan fingerprint density at radius 1 is 1.00 bits per heavy atom. The highest BCUT2D eigenvalue weighted by molar-refractivity contribution is 5.65. The van der Waals surface area contributed by atoms with E-state index in [-0.39, 0.29) is 6.01 Å². The number of benzene rings is 1. The van der Waals surface area contributed by atoms with Crippen molar-refractivity contribution in [1.82, 2.24) is 15.0 Å². The molecule has 2 heterocycles. The molecule has 0 saturated carbocycles. The lowest BCUT2D eigenvalue weighted by Gasteiger charge is -2.09. The zero-order chi connectivity index (χ0) is 15.4. The van der Waals surface area contributed by atoms with Crippen molar-refractivity contribution in [1.29, 1.82) is 0 Å². The number of oxazole rings is 1. The van der Waals surface area contributed by atoms with Crippen LogP contribution in [0.25, 0.3) is 11.3 Å². The maximum Gasteiger partial charge on any atom is 0.328 e. The summed E-state index contributed by atoms with van der Waals surface area (Å²) >= 11 is 0. The monoisotopic (exact) mass is 299 g/mol. The predicted molar refractivity (Wildman–Crippen MR) is 77.1 cm³/mol. The Morgan fingerprint density at radius 3 is 2.36 bits per heavy atom. The van der Waals surface area contributed by atoms with E-state index in [2.05, 4.69) is 15.0 Å². The molecule has 7 heteroatoms. The molecule has 0 unspecified atom stereocenters. The lowest BCUT2D eigenvalue weighted by molar-refractivity contribution is 0.348. The van der Waals surface area contributed by atoms with Crippen molar-refractivity contribution in [3.8, 4) is 34.8 Å². The number of hydrogen-bond donors (Lipinski definition) is 0. The van der Waals surface area contributed by atoms with Crippen molar-refractivity contribution in [2.24, 2.45) is 0 Å². The van der Waals surface area contributed by atoms with Crippen LogP contribution in [0.2, 0.25) is 0 Å². The number of rotatable bonds is 5. The first kappa shape index (κ1) is 13.9. The summed E-state index contributed by atoms with van der Waals surface area (Å²) in [6, 6.07) is 9.03. The number of ether oxygens (including phenoxy) is 3. The average Bonchev–Trinajstić information content (AvgIpc) is 3.09. The summed E-state index contributed by atoms with van der Waals surface area (Å²) < 4.78 is 21.3. The largest absolute Gasteiger partial charge is 0.481 e. The smallest absolute Gasteiger partial charge is 0.328 e. The molecule has 0 atom stereocenters. The molecular formula is C15H13N3O4. The minimum Gasteiger partial charge on any atom is -0.481 e. The van der Waals surface area contributed by atoms with E-state index in [1.807, 2.05) is 18.2 Å². The normalized spacial score (nSPS) is 10.3. The Balaban J connectivity index is 1.97. The van der Waals surface area contributed by atoms with Crippen molar-refractivity contribution in [3.05, 3.63) is 42.9 Å². The molecule has 1 aromatic carbocycles. The molecule has 0 bridgehead atoms. The van der Waals surface area contributed by atoms with Crippen LogP contribution >= 0.6 is 0 Å². The van der Waals surface area contributed by atoms with Crippen LogP contribution in [0.1, 0.15) is 0 Å². The maximum atomic E-state index is 5.75. The Morgan fingerprint density at radius 2 is 1.73 bits per heavy atom. The molecule has 22 heavy (non-hydrogen) atoms. The van der Waals surface area contributed by atoms with Gasteiger partial charge in [0, 0.05) is 0 Å². The van der Waals surface area contributed by atoms with Gasteiger partial charge in [-0.05, 0) is 12.1 Å². The van der Waals surface area contributed by atoms with E-state index in [1.165, 1.54) is 20.6 Å². The lowest BCUT2D eigenvalue weighted by atomic mass is 10.1. The highest BCUT2D eigenvalue weighted by Crippen LogP contribution is 2.32. The van der Waals surface area contributed by atoms with Gasteiger partial charge in [-0.2, -0.15) is 9.97 Å². The highest BCUT2D eigenvalue weighted by Gasteiger charge is 2.13. The molecule has 0 spiro atoms. The van der Waals surface area contributed by atoms with Crippen molar-refractivity contribution in [2.45, 2.75) is 0 Å². The van der Waals surface area contributed by atoms with Gasteiger partial charge in [0.25, 0.3) is 0 Å². The van der Waals surface area contributed by atoms with Gasteiger partial charge in [0.05, 0.1) is 32.0 Å². The van der Waals surface area contributed by atoms with Crippen molar-refractivity contribution in [3.63, 3.8) is 0 Å².